The first kappa shape index (κ1) is 20.7. The maximum Gasteiger partial charge on any atom is 0.162 e. The maximum atomic E-state index is 12.6. The van der Waals surface area contributed by atoms with Crippen LogP contribution in [0.5, 0.6) is 0 Å². The molecule has 0 fully saturated rings. The number of allylic oxidation sites excluding steroid dienone is 4. The largest absolute Gasteiger partial charge is 0.489 e. The average Bonchev–Trinajstić information content (AvgIpc) is 2.89. The fourth-order valence-corrected chi connectivity index (χ4v) is 3.37. The Morgan fingerprint density at radius 2 is 1.71 bits per heavy atom. The summed E-state index contributed by atoms with van der Waals surface area (Å²) >= 11 is 0. The number of hydrogen-bond donors (Lipinski definition) is 0. The number of ether oxygens (including phenoxy) is 1. The molecule has 0 aromatic carbocycles. The number of hydrogen-bond acceptors (Lipinski definition) is 2. The second-order valence-corrected chi connectivity index (χ2v) is 7.06. The van der Waals surface area contributed by atoms with Crippen molar-refractivity contribution in [1.82, 2.24) is 0 Å². The third-order valence-electron chi connectivity index (χ3n) is 5.16. The summed E-state index contributed by atoms with van der Waals surface area (Å²) in [5, 5.41) is 0. The molecule has 1 aliphatic rings. The van der Waals surface area contributed by atoms with Crippen molar-refractivity contribution in [2.45, 2.75) is 92.6 Å². The highest BCUT2D eigenvalue weighted by atomic mass is 16.5. The molecule has 0 amide bonds. The molecule has 0 N–H and O–H groups in total. The number of ketones is 1. The zero-order valence-electron chi connectivity index (χ0n) is 16.6. The molecule has 0 radical (unpaired) electrons. The fourth-order valence-electron chi connectivity index (χ4n) is 3.37. The van der Waals surface area contributed by atoms with Crippen LogP contribution >= 0.6 is 0 Å². The standard InChI is InChI=1S/C22H36O2/c1-8-12-16(6)18-14-19(20(23)13-9-2)22(17(18)7)24-21(11-4)15(5)10-3/h15,21H,6,8-14H2,1-5,7H3. The topological polar surface area (TPSA) is 26.3 Å². The molecule has 2 nitrogen and oxygen atoms in total. The monoisotopic (exact) mass is 332 g/mol. The Balaban J connectivity index is 3.16. The molecule has 0 aromatic heterocycles. The first-order valence-corrected chi connectivity index (χ1v) is 9.72. The van der Waals surface area contributed by atoms with E-state index < -0.39 is 0 Å². The lowest BCUT2D eigenvalue weighted by atomic mass is 9.97. The van der Waals surface area contributed by atoms with Crippen molar-refractivity contribution < 1.29 is 9.53 Å². The van der Waals surface area contributed by atoms with Crippen molar-refractivity contribution in [3.05, 3.63) is 34.6 Å². The van der Waals surface area contributed by atoms with Crippen LogP contribution in [0.4, 0.5) is 0 Å². The van der Waals surface area contributed by atoms with Gasteiger partial charge in [-0.3, -0.25) is 4.79 Å². The molecule has 24 heavy (non-hydrogen) atoms. The number of carbonyl (C=O) groups excluding carboxylic acids is 1. The molecular weight excluding hydrogens is 296 g/mol. The Labute approximate surface area is 149 Å². The first-order chi connectivity index (χ1) is 11.4. The summed E-state index contributed by atoms with van der Waals surface area (Å²) in [4.78, 5) is 12.6. The van der Waals surface area contributed by atoms with Crippen LogP contribution in [0.25, 0.3) is 0 Å². The molecule has 0 saturated carbocycles. The van der Waals surface area contributed by atoms with Gasteiger partial charge >= 0.3 is 0 Å². The van der Waals surface area contributed by atoms with Crippen LogP contribution < -0.4 is 0 Å². The van der Waals surface area contributed by atoms with E-state index in [0.717, 1.165) is 54.6 Å². The molecule has 1 aliphatic carbocycles. The van der Waals surface area contributed by atoms with Gasteiger partial charge in [-0.1, -0.05) is 59.6 Å². The van der Waals surface area contributed by atoms with Gasteiger partial charge in [-0.15, -0.1) is 0 Å². The molecule has 136 valence electrons. The third-order valence-corrected chi connectivity index (χ3v) is 5.16. The maximum absolute atomic E-state index is 12.6. The van der Waals surface area contributed by atoms with Crippen molar-refractivity contribution >= 4 is 5.78 Å². The van der Waals surface area contributed by atoms with Gasteiger partial charge in [0.2, 0.25) is 0 Å². The van der Waals surface area contributed by atoms with Gasteiger partial charge in [-0.05, 0) is 43.3 Å². The van der Waals surface area contributed by atoms with Crippen LogP contribution in [0.1, 0.15) is 86.5 Å². The number of rotatable bonds is 11. The molecule has 2 heteroatoms. The summed E-state index contributed by atoms with van der Waals surface area (Å²) in [5.74, 6) is 1.58. The van der Waals surface area contributed by atoms with Crippen LogP contribution in [0.3, 0.4) is 0 Å². The average molecular weight is 333 g/mol. The minimum atomic E-state index is 0.170. The highest BCUT2D eigenvalue weighted by Crippen LogP contribution is 2.40. The zero-order chi connectivity index (χ0) is 18.3. The molecular formula is C22H36O2. The van der Waals surface area contributed by atoms with Crippen molar-refractivity contribution in [2.24, 2.45) is 5.92 Å². The lowest BCUT2D eigenvalue weighted by Crippen LogP contribution is -2.21. The van der Waals surface area contributed by atoms with Crippen LogP contribution in [0.2, 0.25) is 0 Å². The van der Waals surface area contributed by atoms with Crippen molar-refractivity contribution in [3.8, 4) is 0 Å². The highest BCUT2D eigenvalue weighted by Gasteiger charge is 2.30. The molecule has 1 rings (SSSR count). The molecule has 0 heterocycles. The zero-order valence-corrected chi connectivity index (χ0v) is 16.6. The summed E-state index contributed by atoms with van der Waals surface area (Å²) in [6.45, 7) is 17.2. The fraction of sp³-hybridized carbons (Fsp3) is 0.682. The van der Waals surface area contributed by atoms with Gasteiger partial charge in [0.25, 0.3) is 0 Å². The lowest BCUT2D eigenvalue weighted by Gasteiger charge is -2.25. The summed E-state index contributed by atoms with van der Waals surface area (Å²) in [7, 11) is 0. The molecule has 0 spiro atoms. The van der Waals surface area contributed by atoms with E-state index in [-0.39, 0.29) is 11.9 Å². The van der Waals surface area contributed by atoms with Crippen molar-refractivity contribution in [2.75, 3.05) is 0 Å². The van der Waals surface area contributed by atoms with Gasteiger partial charge in [0.15, 0.2) is 5.78 Å². The quantitative estimate of drug-likeness (QED) is 0.430. The van der Waals surface area contributed by atoms with Gasteiger partial charge in [0.1, 0.15) is 11.9 Å². The molecule has 2 unspecified atom stereocenters. The highest BCUT2D eigenvalue weighted by molar-refractivity contribution is 5.98. The van der Waals surface area contributed by atoms with Gasteiger partial charge < -0.3 is 4.74 Å². The van der Waals surface area contributed by atoms with E-state index in [1.807, 2.05) is 0 Å². The normalized spacial score (nSPS) is 17.2. The molecule has 0 aliphatic heterocycles. The van der Waals surface area contributed by atoms with Gasteiger partial charge in [-0.2, -0.15) is 0 Å². The predicted octanol–water partition coefficient (Wildman–Crippen LogP) is 6.53. The van der Waals surface area contributed by atoms with E-state index >= 15 is 0 Å². The summed E-state index contributed by atoms with van der Waals surface area (Å²) in [6, 6.07) is 0. The first-order valence-electron chi connectivity index (χ1n) is 9.72. The van der Waals surface area contributed by atoms with Crippen LogP contribution in [0, 0.1) is 5.92 Å². The predicted molar refractivity (Wildman–Crippen MR) is 103 cm³/mol. The Kier molecular flexibility index (Phi) is 8.52. The van der Waals surface area contributed by atoms with Crippen LogP contribution in [-0.2, 0) is 9.53 Å². The van der Waals surface area contributed by atoms with E-state index in [1.165, 1.54) is 5.57 Å². The van der Waals surface area contributed by atoms with Crippen molar-refractivity contribution in [3.63, 3.8) is 0 Å². The number of Topliss-reactive ketones (excluding diaryl/α,β-unsaturated/α-hetero) is 1. The van der Waals surface area contributed by atoms with E-state index in [4.69, 9.17) is 4.74 Å². The number of carbonyl (C=O) groups is 1. The Morgan fingerprint density at radius 1 is 1.08 bits per heavy atom. The molecule has 0 saturated heterocycles. The molecule has 0 bridgehead atoms. The van der Waals surface area contributed by atoms with E-state index in [2.05, 4.69) is 48.1 Å². The van der Waals surface area contributed by atoms with Crippen LogP contribution in [0.15, 0.2) is 34.6 Å². The van der Waals surface area contributed by atoms with E-state index in [0.29, 0.717) is 18.8 Å². The Morgan fingerprint density at radius 3 is 2.21 bits per heavy atom. The SMILES string of the molecule is C=C(CCC)C1=C(C)C(OC(CC)C(C)CC)=C(C(=O)CCC)C1. The van der Waals surface area contributed by atoms with E-state index in [9.17, 15) is 4.79 Å². The summed E-state index contributed by atoms with van der Waals surface area (Å²) in [5.41, 5.74) is 4.40. The van der Waals surface area contributed by atoms with Gasteiger partial charge in [-0.25, -0.2) is 0 Å². The smallest absolute Gasteiger partial charge is 0.162 e. The summed E-state index contributed by atoms with van der Waals surface area (Å²) < 4.78 is 6.42. The molecule has 2 atom stereocenters. The van der Waals surface area contributed by atoms with Crippen LogP contribution in [-0.4, -0.2) is 11.9 Å². The second-order valence-electron chi connectivity index (χ2n) is 7.06. The minimum Gasteiger partial charge on any atom is -0.489 e. The Bertz CT molecular complexity index is 522. The van der Waals surface area contributed by atoms with Crippen molar-refractivity contribution in [1.29, 1.82) is 0 Å². The third kappa shape index (κ3) is 4.84. The second kappa shape index (κ2) is 9.86. The molecule has 0 aromatic rings. The Hall–Kier alpha value is -1.31. The van der Waals surface area contributed by atoms with Gasteiger partial charge in [0.05, 0.1) is 0 Å². The summed E-state index contributed by atoms with van der Waals surface area (Å²) in [6.07, 6.45) is 6.46. The van der Waals surface area contributed by atoms with Gasteiger partial charge in [0, 0.05) is 18.4 Å². The van der Waals surface area contributed by atoms with E-state index in [1.54, 1.807) is 0 Å². The minimum absolute atomic E-state index is 0.170. The lowest BCUT2D eigenvalue weighted by molar-refractivity contribution is -0.115.